The first-order valence-electron chi connectivity index (χ1n) is 8.53. The van der Waals surface area contributed by atoms with E-state index in [0.717, 1.165) is 44.8 Å². The maximum Gasteiger partial charge on any atom is 0.242 e. The number of carbonyl (C=O) groups excluding carboxylic acids is 1. The lowest BCUT2D eigenvalue weighted by molar-refractivity contribution is -0.122. The van der Waals surface area contributed by atoms with Gasteiger partial charge in [0.2, 0.25) is 5.91 Å². The minimum Gasteiger partial charge on any atom is -0.384 e. The Morgan fingerprint density at radius 1 is 1.43 bits per heavy atom. The zero-order chi connectivity index (χ0) is 16.2. The molecule has 23 heavy (non-hydrogen) atoms. The molecular weight excluding hydrogens is 294 g/mol. The number of amides is 1. The molecule has 0 unspecified atom stereocenters. The number of rotatable bonds is 5. The number of piperidine rings is 1. The van der Waals surface area contributed by atoms with Gasteiger partial charge in [-0.3, -0.25) is 4.79 Å². The van der Waals surface area contributed by atoms with Crippen molar-refractivity contribution in [3.8, 4) is 0 Å². The molecular formula is C16H27N5O2. The molecule has 0 bridgehead atoms. The third-order valence-electron chi connectivity index (χ3n) is 4.67. The summed E-state index contributed by atoms with van der Waals surface area (Å²) in [5, 5.41) is 7.33. The molecule has 0 saturated carbocycles. The van der Waals surface area contributed by atoms with Gasteiger partial charge in [-0.2, -0.15) is 5.10 Å². The number of nitrogens with zero attached hydrogens (tertiary/aromatic N) is 3. The first-order valence-corrected chi connectivity index (χ1v) is 8.53. The van der Waals surface area contributed by atoms with Gasteiger partial charge in [0.25, 0.3) is 0 Å². The van der Waals surface area contributed by atoms with E-state index < -0.39 is 0 Å². The van der Waals surface area contributed by atoms with E-state index in [-0.39, 0.29) is 18.5 Å². The van der Waals surface area contributed by atoms with Gasteiger partial charge in [0.15, 0.2) is 0 Å². The summed E-state index contributed by atoms with van der Waals surface area (Å²) in [7, 11) is 0. The number of nitrogen functional groups attached to an aromatic ring is 1. The Morgan fingerprint density at radius 3 is 2.83 bits per heavy atom. The number of aromatic nitrogens is 2. The van der Waals surface area contributed by atoms with Crippen molar-refractivity contribution in [2.45, 2.75) is 51.3 Å². The van der Waals surface area contributed by atoms with Crippen LogP contribution in [0.3, 0.4) is 0 Å². The maximum atomic E-state index is 12.1. The lowest BCUT2D eigenvalue weighted by atomic mass is 10.0. The van der Waals surface area contributed by atoms with Crippen molar-refractivity contribution in [2.75, 3.05) is 32.0 Å². The molecule has 1 amide bonds. The number of carbonyl (C=O) groups is 1. The fourth-order valence-electron chi connectivity index (χ4n) is 3.44. The molecule has 2 fully saturated rings. The number of anilines is 1. The highest BCUT2D eigenvalue weighted by Crippen LogP contribution is 2.17. The Morgan fingerprint density at radius 2 is 2.22 bits per heavy atom. The number of hydrogen-bond acceptors (Lipinski definition) is 5. The van der Waals surface area contributed by atoms with Gasteiger partial charge < -0.3 is 20.7 Å². The van der Waals surface area contributed by atoms with E-state index in [0.29, 0.717) is 11.9 Å². The summed E-state index contributed by atoms with van der Waals surface area (Å²) < 4.78 is 7.25. The molecule has 128 valence electrons. The second kappa shape index (κ2) is 7.31. The SMILES string of the molecule is Cc1cc(N)n(CC(=O)NC2CCN(C[C@@H]3CCCO3)CC2)n1. The summed E-state index contributed by atoms with van der Waals surface area (Å²) in [6.07, 6.45) is 4.76. The van der Waals surface area contributed by atoms with Crippen LogP contribution in [-0.2, 0) is 16.1 Å². The molecule has 0 spiro atoms. The van der Waals surface area contributed by atoms with E-state index in [9.17, 15) is 4.79 Å². The molecule has 0 radical (unpaired) electrons. The summed E-state index contributed by atoms with van der Waals surface area (Å²) in [6, 6.07) is 2.03. The molecule has 7 heteroatoms. The first-order chi connectivity index (χ1) is 11.1. The molecule has 1 aromatic rings. The largest absolute Gasteiger partial charge is 0.384 e. The highest BCUT2D eigenvalue weighted by Gasteiger charge is 2.24. The standard InChI is InChI=1S/C16H27N5O2/c1-12-9-15(17)21(19-12)11-16(22)18-13-4-6-20(7-5-13)10-14-3-2-8-23-14/h9,13-14H,2-8,10-11,17H2,1H3,(H,18,22)/t14-/m0/s1. The van der Waals surface area contributed by atoms with E-state index in [1.54, 1.807) is 10.7 Å². The number of nitrogens with two attached hydrogens (primary N) is 1. The van der Waals surface area contributed by atoms with Crippen molar-refractivity contribution in [1.29, 1.82) is 0 Å². The van der Waals surface area contributed by atoms with Gasteiger partial charge in [0, 0.05) is 38.3 Å². The molecule has 2 aliphatic heterocycles. The predicted molar refractivity (Wildman–Crippen MR) is 88.0 cm³/mol. The number of ether oxygens (including phenoxy) is 1. The smallest absolute Gasteiger partial charge is 0.242 e. The lowest BCUT2D eigenvalue weighted by Gasteiger charge is -2.33. The van der Waals surface area contributed by atoms with Crippen molar-refractivity contribution in [3.63, 3.8) is 0 Å². The van der Waals surface area contributed by atoms with E-state index in [4.69, 9.17) is 10.5 Å². The number of aryl methyl sites for hydroxylation is 1. The van der Waals surface area contributed by atoms with Crippen LogP contribution in [-0.4, -0.2) is 59.0 Å². The summed E-state index contributed by atoms with van der Waals surface area (Å²) in [5.74, 6) is 0.515. The Kier molecular flexibility index (Phi) is 5.17. The predicted octanol–water partition coefficient (Wildman–Crippen LogP) is 0.533. The second-order valence-electron chi connectivity index (χ2n) is 6.65. The van der Waals surface area contributed by atoms with Crippen LogP contribution in [0.25, 0.3) is 0 Å². The Bertz CT molecular complexity index is 531. The average molecular weight is 321 g/mol. The fraction of sp³-hybridized carbons (Fsp3) is 0.750. The van der Waals surface area contributed by atoms with Crippen LogP contribution in [0.2, 0.25) is 0 Å². The quantitative estimate of drug-likeness (QED) is 0.826. The monoisotopic (exact) mass is 321 g/mol. The number of hydrogen-bond donors (Lipinski definition) is 2. The third-order valence-corrected chi connectivity index (χ3v) is 4.67. The zero-order valence-electron chi connectivity index (χ0n) is 13.8. The van der Waals surface area contributed by atoms with Crippen molar-refractivity contribution >= 4 is 11.7 Å². The first kappa shape index (κ1) is 16.3. The van der Waals surface area contributed by atoms with Gasteiger partial charge in [-0.1, -0.05) is 0 Å². The van der Waals surface area contributed by atoms with Gasteiger partial charge in [-0.05, 0) is 32.6 Å². The summed E-state index contributed by atoms with van der Waals surface area (Å²) >= 11 is 0. The summed E-state index contributed by atoms with van der Waals surface area (Å²) in [5.41, 5.74) is 6.65. The minimum atomic E-state index is -0.0163. The molecule has 0 aliphatic carbocycles. The van der Waals surface area contributed by atoms with Crippen LogP contribution in [0, 0.1) is 6.92 Å². The third kappa shape index (κ3) is 4.45. The summed E-state index contributed by atoms with van der Waals surface area (Å²) in [4.78, 5) is 14.6. The van der Waals surface area contributed by atoms with Crippen molar-refractivity contribution < 1.29 is 9.53 Å². The van der Waals surface area contributed by atoms with Crippen molar-refractivity contribution in [2.24, 2.45) is 0 Å². The number of nitrogens with one attached hydrogen (secondary N) is 1. The van der Waals surface area contributed by atoms with Crippen LogP contribution in [0.1, 0.15) is 31.4 Å². The highest BCUT2D eigenvalue weighted by molar-refractivity contribution is 5.76. The van der Waals surface area contributed by atoms with E-state index in [1.165, 1.54) is 12.8 Å². The fourth-order valence-corrected chi connectivity index (χ4v) is 3.44. The molecule has 1 aromatic heterocycles. The molecule has 2 saturated heterocycles. The molecule has 3 heterocycles. The van der Waals surface area contributed by atoms with Crippen molar-refractivity contribution in [3.05, 3.63) is 11.8 Å². The molecule has 3 N–H and O–H groups in total. The Balaban J connectivity index is 1.39. The molecule has 7 nitrogen and oxygen atoms in total. The van der Waals surface area contributed by atoms with Gasteiger partial charge in [0.1, 0.15) is 12.4 Å². The normalized spacial score (nSPS) is 23.3. The lowest BCUT2D eigenvalue weighted by Crippen LogP contribution is -2.47. The van der Waals surface area contributed by atoms with Crippen LogP contribution in [0.4, 0.5) is 5.82 Å². The highest BCUT2D eigenvalue weighted by atomic mass is 16.5. The van der Waals surface area contributed by atoms with Crippen molar-refractivity contribution in [1.82, 2.24) is 20.0 Å². The Hall–Kier alpha value is -1.60. The topological polar surface area (TPSA) is 85.4 Å². The van der Waals surface area contributed by atoms with E-state index in [2.05, 4.69) is 15.3 Å². The zero-order valence-corrected chi connectivity index (χ0v) is 13.8. The molecule has 1 atom stereocenters. The van der Waals surface area contributed by atoms with Gasteiger partial charge in [0.05, 0.1) is 11.8 Å². The maximum absolute atomic E-state index is 12.1. The van der Waals surface area contributed by atoms with Gasteiger partial charge in [-0.25, -0.2) is 4.68 Å². The molecule has 2 aliphatic rings. The number of likely N-dealkylation sites (tertiary alicyclic amines) is 1. The molecule has 3 rings (SSSR count). The van der Waals surface area contributed by atoms with Gasteiger partial charge in [-0.15, -0.1) is 0 Å². The minimum absolute atomic E-state index is 0.0163. The van der Waals surface area contributed by atoms with E-state index in [1.807, 2.05) is 6.92 Å². The van der Waals surface area contributed by atoms with E-state index >= 15 is 0 Å². The van der Waals surface area contributed by atoms with Crippen LogP contribution in [0.15, 0.2) is 6.07 Å². The van der Waals surface area contributed by atoms with Gasteiger partial charge >= 0.3 is 0 Å². The Labute approximate surface area is 137 Å². The molecule has 0 aromatic carbocycles. The van der Waals surface area contributed by atoms with Crippen LogP contribution >= 0.6 is 0 Å². The summed E-state index contributed by atoms with van der Waals surface area (Å²) in [6.45, 7) is 6.04. The van der Waals surface area contributed by atoms with Crippen LogP contribution < -0.4 is 11.1 Å². The average Bonchev–Trinajstić information content (AvgIpc) is 3.11. The second-order valence-corrected chi connectivity index (χ2v) is 6.65. The van der Waals surface area contributed by atoms with Crippen LogP contribution in [0.5, 0.6) is 0 Å².